The van der Waals surface area contributed by atoms with Gasteiger partial charge in [-0.05, 0) is 57.9 Å². The molecule has 10 heteroatoms. The number of likely N-dealkylation sites (tertiary alicyclic amines) is 1. The zero-order valence-electron chi connectivity index (χ0n) is 18.6. The van der Waals surface area contributed by atoms with Crippen LogP contribution in [0.4, 0.5) is 5.13 Å². The topological polar surface area (TPSA) is 110 Å². The zero-order chi connectivity index (χ0) is 23.0. The van der Waals surface area contributed by atoms with E-state index >= 15 is 0 Å². The molecule has 32 heavy (non-hydrogen) atoms. The number of carbonyl (C=O) groups excluding carboxylic acids is 2. The lowest BCUT2D eigenvalue weighted by Gasteiger charge is -2.29. The predicted molar refractivity (Wildman–Crippen MR) is 122 cm³/mol. The van der Waals surface area contributed by atoms with Crippen molar-refractivity contribution in [2.75, 3.05) is 25.5 Å². The highest BCUT2D eigenvalue weighted by atomic mass is 32.1. The first-order chi connectivity index (χ1) is 15.2. The Morgan fingerprint density at radius 2 is 1.97 bits per heavy atom. The van der Waals surface area contributed by atoms with E-state index in [0.717, 1.165) is 6.42 Å². The van der Waals surface area contributed by atoms with Crippen LogP contribution < -0.4 is 10.1 Å². The maximum atomic E-state index is 13.2. The molecule has 0 saturated carbocycles. The number of aromatic nitrogens is 3. The van der Waals surface area contributed by atoms with E-state index in [9.17, 15) is 14.7 Å². The minimum atomic E-state index is -0.520. The van der Waals surface area contributed by atoms with Crippen molar-refractivity contribution in [3.8, 4) is 5.75 Å². The number of rotatable bonds is 4. The van der Waals surface area contributed by atoms with E-state index in [1.807, 2.05) is 20.8 Å². The monoisotopic (exact) mass is 457 g/mol. The van der Waals surface area contributed by atoms with Crippen LogP contribution in [0, 0.1) is 0 Å². The van der Waals surface area contributed by atoms with Crippen LogP contribution in [0.5, 0.6) is 5.75 Å². The molecule has 2 amide bonds. The molecule has 3 aromatic rings. The van der Waals surface area contributed by atoms with Gasteiger partial charge < -0.3 is 14.7 Å². The summed E-state index contributed by atoms with van der Waals surface area (Å²) < 4.78 is 7.47. The largest absolute Gasteiger partial charge is 0.497 e. The summed E-state index contributed by atoms with van der Waals surface area (Å²) in [4.78, 5) is 32.1. The van der Waals surface area contributed by atoms with Gasteiger partial charge in [-0.25, -0.2) is 4.68 Å². The molecule has 9 nitrogen and oxygen atoms in total. The number of aliphatic hydroxyl groups is 1. The first kappa shape index (κ1) is 22.2. The molecule has 4 rings (SSSR count). The maximum absolute atomic E-state index is 13.2. The van der Waals surface area contributed by atoms with Crippen LogP contribution >= 0.6 is 11.3 Å². The van der Waals surface area contributed by atoms with Crippen LogP contribution in [-0.4, -0.2) is 62.9 Å². The van der Waals surface area contributed by atoms with E-state index in [1.54, 1.807) is 41.0 Å². The van der Waals surface area contributed by atoms with Gasteiger partial charge in [0.05, 0.1) is 18.8 Å². The minimum absolute atomic E-state index is 0.228. The Kier molecular flexibility index (Phi) is 5.91. The average Bonchev–Trinajstić information content (AvgIpc) is 3.31. The summed E-state index contributed by atoms with van der Waals surface area (Å²) in [5, 5.41) is 17.8. The molecular weight excluding hydrogens is 430 g/mol. The van der Waals surface area contributed by atoms with Gasteiger partial charge in [-0.2, -0.15) is 10.1 Å². The zero-order valence-corrected chi connectivity index (χ0v) is 19.4. The number of β-amino-alcohol motifs (C(OH)–C–C–N with tert-alkyl or cyclic N) is 1. The third-order valence-electron chi connectivity index (χ3n) is 5.32. The number of ether oxygens (including phenoxy) is 1. The quantitative estimate of drug-likeness (QED) is 0.623. The van der Waals surface area contributed by atoms with Gasteiger partial charge in [-0.1, -0.05) is 11.3 Å². The summed E-state index contributed by atoms with van der Waals surface area (Å²) in [7, 11) is 1.57. The van der Waals surface area contributed by atoms with Crippen LogP contribution in [-0.2, 0) is 5.54 Å². The number of hydrogen-bond acceptors (Lipinski definition) is 7. The van der Waals surface area contributed by atoms with Gasteiger partial charge in [0.2, 0.25) is 0 Å². The second-order valence-corrected chi connectivity index (χ2v) is 9.83. The number of nitrogens with one attached hydrogen (secondary N) is 1. The summed E-state index contributed by atoms with van der Waals surface area (Å²) in [6.07, 6.45) is 0.924. The van der Waals surface area contributed by atoms with Crippen molar-refractivity contribution in [1.29, 1.82) is 0 Å². The van der Waals surface area contributed by atoms with Gasteiger partial charge in [0, 0.05) is 18.7 Å². The number of hydrogen-bond donors (Lipinski definition) is 2. The first-order valence-electron chi connectivity index (χ1n) is 10.5. The van der Waals surface area contributed by atoms with E-state index in [1.165, 1.54) is 11.3 Å². The van der Waals surface area contributed by atoms with Crippen molar-refractivity contribution in [3.05, 3.63) is 35.5 Å². The Morgan fingerprint density at radius 3 is 2.59 bits per heavy atom. The van der Waals surface area contributed by atoms with E-state index in [-0.39, 0.29) is 11.8 Å². The highest BCUT2D eigenvalue weighted by Gasteiger charge is 2.31. The fourth-order valence-electron chi connectivity index (χ4n) is 3.66. The van der Waals surface area contributed by atoms with Crippen LogP contribution in [0.3, 0.4) is 0 Å². The number of piperidine rings is 1. The number of amides is 2. The highest BCUT2D eigenvalue weighted by molar-refractivity contribution is 7.22. The average molecular weight is 458 g/mol. The predicted octanol–water partition coefficient (Wildman–Crippen LogP) is 3.11. The second kappa shape index (κ2) is 8.51. The number of anilines is 1. The molecule has 1 aliphatic heterocycles. The molecule has 1 saturated heterocycles. The van der Waals surface area contributed by atoms with Crippen LogP contribution in [0.15, 0.2) is 24.3 Å². The van der Waals surface area contributed by atoms with Crippen LogP contribution in [0.2, 0.25) is 0 Å². The molecule has 170 valence electrons. The molecule has 0 bridgehead atoms. The molecule has 1 unspecified atom stereocenters. The second-order valence-electron chi connectivity index (χ2n) is 8.83. The summed E-state index contributed by atoms with van der Waals surface area (Å²) in [5.41, 5.74) is 0.907. The molecule has 2 aromatic heterocycles. The van der Waals surface area contributed by atoms with E-state index in [0.29, 0.717) is 52.0 Å². The molecule has 1 fully saturated rings. The molecule has 1 atom stereocenters. The standard InChI is InChI=1S/C22H27N5O4S/c1-22(2,3)27-18-17(16(25-27)20(30)26-11-5-6-14(28)12-26)32-21(23-18)24-19(29)13-7-9-15(31-4)10-8-13/h7-10,14,28H,5-6,11-12H2,1-4H3,(H,23,24,29). The maximum Gasteiger partial charge on any atom is 0.276 e. The lowest BCUT2D eigenvalue weighted by atomic mass is 10.1. The first-order valence-corrected chi connectivity index (χ1v) is 11.3. The van der Waals surface area contributed by atoms with Gasteiger partial charge >= 0.3 is 0 Å². The lowest BCUT2D eigenvalue weighted by Crippen LogP contribution is -2.42. The Morgan fingerprint density at radius 1 is 1.25 bits per heavy atom. The SMILES string of the molecule is COc1ccc(C(=O)Nc2nc3c(s2)c(C(=O)N2CCCC(O)C2)nn3C(C)(C)C)cc1. The molecule has 0 aliphatic carbocycles. The fourth-order valence-corrected chi connectivity index (χ4v) is 4.58. The third kappa shape index (κ3) is 4.33. The van der Waals surface area contributed by atoms with Crippen molar-refractivity contribution in [2.45, 2.75) is 45.3 Å². The van der Waals surface area contributed by atoms with Crippen molar-refractivity contribution in [2.24, 2.45) is 0 Å². The Hall–Kier alpha value is -2.98. The normalized spacial score (nSPS) is 16.9. The number of nitrogens with zero attached hydrogens (tertiary/aromatic N) is 4. The summed E-state index contributed by atoms with van der Waals surface area (Å²) in [6, 6.07) is 6.78. The number of aliphatic hydroxyl groups excluding tert-OH is 1. The van der Waals surface area contributed by atoms with Gasteiger partial charge in [0.1, 0.15) is 10.4 Å². The Balaban J connectivity index is 1.66. The molecule has 1 aromatic carbocycles. The van der Waals surface area contributed by atoms with E-state index < -0.39 is 11.6 Å². The van der Waals surface area contributed by atoms with Gasteiger partial charge in [0.25, 0.3) is 11.8 Å². The summed E-state index contributed by atoms with van der Waals surface area (Å²) >= 11 is 1.22. The van der Waals surface area contributed by atoms with Crippen molar-refractivity contribution in [1.82, 2.24) is 19.7 Å². The number of thiazole rings is 1. The number of carbonyl (C=O) groups is 2. The van der Waals surface area contributed by atoms with Crippen molar-refractivity contribution in [3.63, 3.8) is 0 Å². The number of benzene rings is 1. The molecular formula is C22H27N5O4S. The Bertz CT molecular complexity index is 1150. The van der Waals surface area contributed by atoms with Gasteiger partial charge in [-0.15, -0.1) is 0 Å². The van der Waals surface area contributed by atoms with E-state index in [2.05, 4.69) is 15.4 Å². The number of fused-ring (bicyclic) bond motifs is 1. The van der Waals surface area contributed by atoms with E-state index in [4.69, 9.17) is 4.74 Å². The van der Waals surface area contributed by atoms with Gasteiger partial charge in [0.15, 0.2) is 16.5 Å². The molecule has 3 heterocycles. The third-order valence-corrected chi connectivity index (χ3v) is 6.29. The Labute approximate surface area is 190 Å². The van der Waals surface area contributed by atoms with Crippen LogP contribution in [0.1, 0.15) is 54.5 Å². The molecule has 1 aliphatic rings. The van der Waals surface area contributed by atoms with Gasteiger partial charge in [-0.3, -0.25) is 14.9 Å². The highest BCUT2D eigenvalue weighted by Crippen LogP contribution is 2.33. The lowest BCUT2D eigenvalue weighted by molar-refractivity contribution is 0.0469. The van der Waals surface area contributed by atoms with Crippen molar-refractivity contribution < 1.29 is 19.4 Å². The smallest absolute Gasteiger partial charge is 0.276 e. The summed E-state index contributed by atoms with van der Waals surface area (Å²) in [6.45, 7) is 6.82. The van der Waals surface area contributed by atoms with Crippen molar-refractivity contribution >= 4 is 38.6 Å². The number of methoxy groups -OCH3 is 1. The molecule has 0 spiro atoms. The minimum Gasteiger partial charge on any atom is -0.497 e. The molecule has 0 radical (unpaired) electrons. The summed E-state index contributed by atoms with van der Waals surface area (Å²) in [5.74, 6) is 0.137. The van der Waals surface area contributed by atoms with Crippen LogP contribution in [0.25, 0.3) is 10.3 Å². The fraction of sp³-hybridized carbons (Fsp3) is 0.455. The molecule has 2 N–H and O–H groups in total.